The van der Waals surface area contributed by atoms with E-state index in [4.69, 9.17) is 15.4 Å². The van der Waals surface area contributed by atoms with Crippen molar-refractivity contribution in [3.63, 3.8) is 0 Å². The van der Waals surface area contributed by atoms with E-state index >= 15 is 0 Å². The topological polar surface area (TPSA) is 118 Å². The van der Waals surface area contributed by atoms with Gasteiger partial charge in [-0.1, -0.05) is 23.9 Å². The fourth-order valence-electron chi connectivity index (χ4n) is 1.50. The lowest BCUT2D eigenvalue weighted by atomic mass is 10.1. The summed E-state index contributed by atoms with van der Waals surface area (Å²) in [5, 5.41) is 19.1. The van der Waals surface area contributed by atoms with Crippen molar-refractivity contribution in [2.45, 2.75) is 18.2 Å². The number of nitrogens with zero attached hydrogens (tertiary/aromatic N) is 3. The molecule has 21 heavy (non-hydrogen) atoms. The highest BCUT2D eigenvalue weighted by atomic mass is 32.2. The first kappa shape index (κ1) is 15.0. The summed E-state index contributed by atoms with van der Waals surface area (Å²) in [5.41, 5.74) is 6.93. The number of hydrogen-bond acceptors (Lipinski definition) is 7. The summed E-state index contributed by atoms with van der Waals surface area (Å²) in [4.78, 5) is 11.8. The number of hydrogen-bond donors (Lipinski definition) is 2. The molecule has 7 nitrogen and oxygen atoms in total. The number of benzene rings is 1. The van der Waals surface area contributed by atoms with Crippen molar-refractivity contribution >= 4 is 23.4 Å². The van der Waals surface area contributed by atoms with Gasteiger partial charge in [-0.2, -0.15) is 5.26 Å². The summed E-state index contributed by atoms with van der Waals surface area (Å²) in [7, 11) is 0. The van der Waals surface area contributed by atoms with Gasteiger partial charge in [0.15, 0.2) is 0 Å². The maximum absolute atomic E-state index is 11.8. The van der Waals surface area contributed by atoms with Crippen LogP contribution in [0.3, 0.4) is 0 Å². The molecule has 1 aromatic heterocycles. The van der Waals surface area contributed by atoms with Crippen LogP contribution in [0.2, 0.25) is 0 Å². The number of aromatic nitrogens is 2. The Balaban J connectivity index is 1.82. The Kier molecular flexibility index (Phi) is 5.31. The molecule has 0 saturated carbocycles. The van der Waals surface area contributed by atoms with Crippen LogP contribution in [0.25, 0.3) is 0 Å². The average Bonchev–Trinajstić information content (AvgIpc) is 2.96. The Hall–Kier alpha value is -2.37. The molecule has 0 radical (unpaired) electrons. The van der Waals surface area contributed by atoms with Crippen molar-refractivity contribution < 1.29 is 9.21 Å². The van der Waals surface area contributed by atoms with Crippen molar-refractivity contribution in [2.75, 3.05) is 11.1 Å². The van der Waals surface area contributed by atoms with Crippen molar-refractivity contribution in [1.82, 2.24) is 10.2 Å². The molecule has 2 aromatic rings. The summed E-state index contributed by atoms with van der Waals surface area (Å²) < 4.78 is 5.18. The number of nitrogens with two attached hydrogens (primary N) is 1. The van der Waals surface area contributed by atoms with Gasteiger partial charge in [0.25, 0.3) is 5.22 Å². The van der Waals surface area contributed by atoms with E-state index in [2.05, 4.69) is 21.6 Å². The second-order valence-corrected chi connectivity index (χ2v) is 4.96. The Morgan fingerprint density at radius 1 is 1.38 bits per heavy atom. The lowest BCUT2D eigenvalue weighted by molar-refractivity contribution is -0.113. The van der Waals surface area contributed by atoms with Gasteiger partial charge in [-0.15, -0.1) is 10.2 Å². The highest BCUT2D eigenvalue weighted by molar-refractivity contribution is 7.99. The van der Waals surface area contributed by atoms with Gasteiger partial charge in [0.05, 0.1) is 24.8 Å². The lowest BCUT2D eigenvalue weighted by Gasteiger charge is -2.04. The van der Waals surface area contributed by atoms with Crippen LogP contribution in [-0.2, 0) is 17.8 Å². The molecule has 3 N–H and O–H groups in total. The first-order chi connectivity index (χ1) is 10.2. The highest BCUT2D eigenvalue weighted by Crippen LogP contribution is 2.16. The molecule has 0 fully saturated rings. The summed E-state index contributed by atoms with van der Waals surface area (Å²) in [5.74, 6) is 0.318. The minimum absolute atomic E-state index is 0.159. The number of nitrogens with one attached hydrogen (secondary N) is 1. The standard InChI is InChI=1S/C13H13N5O2S/c14-6-5-9-1-3-10(4-2-9)16-11(19)8-21-13-18-17-12(7-15)20-13/h1-4H,5,7-8,15H2,(H,16,19). The Morgan fingerprint density at radius 3 is 2.76 bits per heavy atom. The van der Waals surface area contributed by atoms with Crippen LogP contribution in [-0.4, -0.2) is 21.9 Å². The van der Waals surface area contributed by atoms with Gasteiger partial charge in [0, 0.05) is 5.69 Å². The summed E-state index contributed by atoms with van der Waals surface area (Å²) in [6.45, 7) is 0.175. The number of anilines is 1. The number of thioether (sulfide) groups is 1. The van der Waals surface area contributed by atoms with Crippen LogP contribution < -0.4 is 11.1 Å². The third kappa shape index (κ3) is 4.59. The zero-order valence-corrected chi connectivity index (χ0v) is 11.9. The van der Waals surface area contributed by atoms with Crippen molar-refractivity contribution in [1.29, 1.82) is 5.26 Å². The molecular weight excluding hydrogens is 290 g/mol. The molecule has 2 rings (SSSR count). The van der Waals surface area contributed by atoms with E-state index in [1.165, 1.54) is 0 Å². The molecule has 0 aliphatic carbocycles. The van der Waals surface area contributed by atoms with Gasteiger partial charge in [0.1, 0.15) is 0 Å². The first-order valence-electron chi connectivity index (χ1n) is 6.12. The second kappa shape index (κ2) is 7.42. The molecule has 0 spiro atoms. The number of rotatable bonds is 6. The molecule has 1 amide bonds. The van der Waals surface area contributed by atoms with E-state index in [9.17, 15) is 4.79 Å². The van der Waals surface area contributed by atoms with Gasteiger partial charge in [-0.05, 0) is 17.7 Å². The van der Waals surface area contributed by atoms with E-state index in [-0.39, 0.29) is 18.2 Å². The van der Waals surface area contributed by atoms with Crippen LogP contribution >= 0.6 is 11.8 Å². The predicted molar refractivity (Wildman–Crippen MR) is 77.3 cm³/mol. The smallest absolute Gasteiger partial charge is 0.277 e. The summed E-state index contributed by atoms with van der Waals surface area (Å²) >= 11 is 1.14. The molecule has 0 aliphatic heterocycles. The molecule has 1 aromatic carbocycles. The molecular formula is C13H13N5O2S. The quantitative estimate of drug-likeness (QED) is 0.773. The van der Waals surface area contributed by atoms with Gasteiger partial charge in [-0.25, -0.2) is 0 Å². The van der Waals surface area contributed by atoms with E-state index in [0.29, 0.717) is 23.2 Å². The van der Waals surface area contributed by atoms with Gasteiger partial charge < -0.3 is 15.5 Å². The van der Waals surface area contributed by atoms with Crippen LogP contribution in [0.1, 0.15) is 11.5 Å². The second-order valence-electron chi connectivity index (χ2n) is 4.03. The van der Waals surface area contributed by atoms with Gasteiger partial charge in [-0.3, -0.25) is 4.79 Å². The van der Waals surface area contributed by atoms with Crippen molar-refractivity contribution in [3.05, 3.63) is 35.7 Å². The van der Waals surface area contributed by atoms with Crippen molar-refractivity contribution in [2.24, 2.45) is 5.73 Å². The Morgan fingerprint density at radius 2 is 2.14 bits per heavy atom. The highest BCUT2D eigenvalue weighted by Gasteiger charge is 2.09. The Bertz CT molecular complexity index is 647. The number of carbonyl (C=O) groups is 1. The summed E-state index contributed by atoms with van der Waals surface area (Å²) in [6, 6.07) is 9.19. The summed E-state index contributed by atoms with van der Waals surface area (Å²) in [6.07, 6.45) is 0.352. The monoisotopic (exact) mass is 303 g/mol. The van der Waals surface area contributed by atoms with Crippen LogP contribution in [0.15, 0.2) is 33.9 Å². The molecule has 0 bridgehead atoms. The van der Waals surface area contributed by atoms with Crippen LogP contribution in [0.4, 0.5) is 5.69 Å². The first-order valence-corrected chi connectivity index (χ1v) is 7.11. The third-order valence-corrected chi connectivity index (χ3v) is 3.29. The minimum Gasteiger partial charge on any atom is -0.415 e. The number of nitriles is 1. The lowest BCUT2D eigenvalue weighted by Crippen LogP contribution is -2.13. The zero-order valence-electron chi connectivity index (χ0n) is 11.1. The largest absolute Gasteiger partial charge is 0.415 e. The van der Waals surface area contributed by atoms with Crippen molar-refractivity contribution in [3.8, 4) is 6.07 Å². The average molecular weight is 303 g/mol. The molecule has 1 heterocycles. The SMILES string of the molecule is N#CCc1ccc(NC(=O)CSc2nnc(CN)o2)cc1. The van der Waals surface area contributed by atoms with E-state index < -0.39 is 0 Å². The van der Waals surface area contributed by atoms with E-state index in [1.807, 2.05) is 0 Å². The third-order valence-electron chi connectivity index (χ3n) is 2.47. The van der Waals surface area contributed by atoms with Crippen LogP contribution in [0, 0.1) is 11.3 Å². The molecule has 0 atom stereocenters. The van der Waals surface area contributed by atoms with E-state index in [1.54, 1.807) is 24.3 Å². The maximum atomic E-state index is 11.8. The number of carbonyl (C=O) groups excluding carboxylic acids is 1. The van der Waals surface area contributed by atoms with Crippen LogP contribution in [0.5, 0.6) is 0 Å². The molecule has 0 aliphatic rings. The normalized spacial score (nSPS) is 10.1. The zero-order chi connectivity index (χ0) is 15.1. The fraction of sp³-hybridized carbons (Fsp3) is 0.231. The number of amides is 1. The van der Waals surface area contributed by atoms with Gasteiger partial charge >= 0.3 is 0 Å². The maximum Gasteiger partial charge on any atom is 0.277 e. The molecule has 0 unspecified atom stereocenters. The predicted octanol–water partition coefficient (Wildman–Crippen LogP) is 1.33. The fourth-order valence-corrected chi connectivity index (χ4v) is 2.08. The molecule has 108 valence electrons. The molecule has 8 heteroatoms. The molecule has 0 saturated heterocycles. The minimum atomic E-state index is -0.180. The van der Waals surface area contributed by atoms with Gasteiger partial charge in [0.2, 0.25) is 11.8 Å². The Labute approximate surface area is 125 Å². The van der Waals surface area contributed by atoms with E-state index in [0.717, 1.165) is 17.3 Å².